The summed E-state index contributed by atoms with van der Waals surface area (Å²) in [4.78, 5) is 0. The Morgan fingerprint density at radius 1 is 1.08 bits per heavy atom. The smallest absolute Gasteiger partial charge is 0.00201 e. The molecule has 1 saturated heterocycles. The average Bonchev–Trinajstić information content (AvgIpc) is 2.47. The molecule has 1 aromatic rings. The van der Waals surface area contributed by atoms with Crippen LogP contribution >= 0.6 is 0 Å². The molecule has 1 aliphatic heterocycles. The molecule has 1 heteroatoms. The molecule has 0 amide bonds. The van der Waals surface area contributed by atoms with Crippen molar-refractivity contribution < 1.29 is 0 Å². The lowest BCUT2D eigenvalue weighted by Gasteiger charge is -2.13. The fourth-order valence-corrected chi connectivity index (χ4v) is 2.03. The van der Waals surface area contributed by atoms with Crippen LogP contribution in [0.4, 0.5) is 0 Å². The maximum Gasteiger partial charge on any atom is 0.00201 e. The molecule has 0 bridgehead atoms. The Kier molecular flexibility index (Phi) is 2.98. The van der Waals surface area contributed by atoms with Crippen molar-refractivity contribution in [2.45, 2.75) is 25.2 Å². The molecule has 1 heterocycles. The molecule has 2 rings (SSSR count). The van der Waals surface area contributed by atoms with E-state index in [0.717, 1.165) is 12.5 Å². The van der Waals surface area contributed by atoms with Crippen molar-refractivity contribution in [1.82, 2.24) is 5.32 Å². The van der Waals surface area contributed by atoms with Crippen molar-refractivity contribution in [3.63, 3.8) is 0 Å². The third-order valence-corrected chi connectivity index (χ3v) is 2.82. The largest absolute Gasteiger partial charge is 0.316 e. The highest BCUT2D eigenvalue weighted by Crippen LogP contribution is 2.22. The van der Waals surface area contributed by atoms with Gasteiger partial charge in [0.1, 0.15) is 0 Å². The van der Waals surface area contributed by atoms with Crippen LogP contribution in [0.15, 0.2) is 30.3 Å². The van der Waals surface area contributed by atoms with Gasteiger partial charge in [-0.25, -0.2) is 0 Å². The van der Waals surface area contributed by atoms with Gasteiger partial charge in [0.15, 0.2) is 0 Å². The second kappa shape index (κ2) is 4.43. The van der Waals surface area contributed by atoms with E-state index >= 15 is 0 Å². The minimum absolute atomic E-state index is 0.740. The highest BCUT2D eigenvalue weighted by atomic mass is 14.9. The van der Waals surface area contributed by atoms with E-state index < -0.39 is 0 Å². The molecule has 70 valence electrons. The lowest BCUT2D eigenvalue weighted by molar-refractivity contribution is 0.610. The molecule has 13 heavy (non-hydrogen) atoms. The maximum atomic E-state index is 3.50. The molecule has 0 aliphatic carbocycles. The van der Waals surface area contributed by atoms with Gasteiger partial charge < -0.3 is 5.32 Å². The van der Waals surface area contributed by atoms with Gasteiger partial charge in [0.2, 0.25) is 0 Å². The van der Waals surface area contributed by atoms with Crippen LogP contribution in [0.5, 0.6) is 0 Å². The molecule has 0 aromatic heterocycles. The summed E-state index contributed by atoms with van der Waals surface area (Å²) in [5, 5.41) is 3.50. The van der Waals surface area contributed by atoms with E-state index in [-0.39, 0.29) is 0 Å². The number of hydrogen-bond acceptors (Lipinski definition) is 1. The van der Waals surface area contributed by atoms with Crippen molar-refractivity contribution in [2.24, 2.45) is 0 Å². The lowest BCUT2D eigenvalue weighted by atomic mass is 9.95. The Hall–Kier alpha value is -0.820. The monoisotopic (exact) mass is 175 g/mol. The first kappa shape index (κ1) is 8.76. The Bertz CT molecular complexity index is 235. The SMILES string of the molecule is c1ccc(C2CCCCNC2)cc1. The topological polar surface area (TPSA) is 12.0 Å². The van der Waals surface area contributed by atoms with Crippen LogP contribution in [0, 0.1) is 0 Å². The van der Waals surface area contributed by atoms with Crippen molar-refractivity contribution in [3.8, 4) is 0 Å². The molecule has 1 unspecified atom stereocenters. The molecule has 1 nitrogen and oxygen atoms in total. The number of benzene rings is 1. The van der Waals surface area contributed by atoms with Crippen LogP contribution in [0.1, 0.15) is 30.7 Å². The highest BCUT2D eigenvalue weighted by molar-refractivity contribution is 5.19. The van der Waals surface area contributed by atoms with E-state index in [1.54, 1.807) is 0 Å². The molecule has 1 fully saturated rings. The van der Waals surface area contributed by atoms with Gasteiger partial charge in [0.25, 0.3) is 0 Å². The number of nitrogens with one attached hydrogen (secondary N) is 1. The lowest BCUT2D eigenvalue weighted by Crippen LogP contribution is -2.19. The summed E-state index contributed by atoms with van der Waals surface area (Å²) in [6.45, 7) is 2.35. The minimum atomic E-state index is 0.740. The molecule has 1 atom stereocenters. The second-order valence-corrected chi connectivity index (χ2v) is 3.81. The number of hydrogen-bond donors (Lipinski definition) is 1. The summed E-state index contributed by atoms with van der Waals surface area (Å²) in [6, 6.07) is 10.9. The van der Waals surface area contributed by atoms with Crippen LogP contribution in [-0.2, 0) is 0 Å². The van der Waals surface area contributed by atoms with Crippen LogP contribution in [0.25, 0.3) is 0 Å². The average molecular weight is 175 g/mol. The van der Waals surface area contributed by atoms with Crippen LogP contribution in [0.3, 0.4) is 0 Å². The minimum Gasteiger partial charge on any atom is -0.316 e. The van der Waals surface area contributed by atoms with Crippen molar-refractivity contribution in [2.75, 3.05) is 13.1 Å². The predicted molar refractivity (Wildman–Crippen MR) is 55.9 cm³/mol. The zero-order chi connectivity index (χ0) is 8.93. The molecular weight excluding hydrogens is 158 g/mol. The second-order valence-electron chi connectivity index (χ2n) is 3.81. The Labute approximate surface area is 80.2 Å². The summed E-state index contributed by atoms with van der Waals surface area (Å²) in [7, 11) is 0. The van der Waals surface area contributed by atoms with Gasteiger partial charge in [-0.3, -0.25) is 0 Å². The zero-order valence-electron chi connectivity index (χ0n) is 8.00. The van der Waals surface area contributed by atoms with Crippen LogP contribution < -0.4 is 5.32 Å². The third kappa shape index (κ3) is 2.31. The normalized spacial score (nSPS) is 23.8. The quantitative estimate of drug-likeness (QED) is 0.691. The van der Waals surface area contributed by atoms with Crippen molar-refractivity contribution in [3.05, 3.63) is 35.9 Å². The van der Waals surface area contributed by atoms with Gasteiger partial charge in [-0.15, -0.1) is 0 Å². The van der Waals surface area contributed by atoms with E-state index in [1.807, 2.05) is 0 Å². The predicted octanol–water partition coefficient (Wildman–Crippen LogP) is 2.54. The van der Waals surface area contributed by atoms with Gasteiger partial charge in [0.05, 0.1) is 0 Å². The van der Waals surface area contributed by atoms with Crippen LogP contribution in [-0.4, -0.2) is 13.1 Å². The van der Waals surface area contributed by atoms with Crippen molar-refractivity contribution in [1.29, 1.82) is 0 Å². The summed E-state index contributed by atoms with van der Waals surface area (Å²) in [5.41, 5.74) is 1.50. The summed E-state index contributed by atoms with van der Waals surface area (Å²) >= 11 is 0. The molecule has 0 spiro atoms. The van der Waals surface area contributed by atoms with Gasteiger partial charge in [0, 0.05) is 6.54 Å². The van der Waals surface area contributed by atoms with E-state index in [4.69, 9.17) is 0 Å². The first-order valence-corrected chi connectivity index (χ1v) is 5.22. The summed E-state index contributed by atoms with van der Waals surface area (Å²) < 4.78 is 0. The third-order valence-electron chi connectivity index (χ3n) is 2.82. The Balaban J connectivity index is 2.06. The van der Waals surface area contributed by atoms with Gasteiger partial charge in [-0.2, -0.15) is 0 Å². The Morgan fingerprint density at radius 2 is 1.92 bits per heavy atom. The van der Waals surface area contributed by atoms with Crippen LogP contribution in [0.2, 0.25) is 0 Å². The van der Waals surface area contributed by atoms with E-state index in [2.05, 4.69) is 35.6 Å². The molecular formula is C12H17N. The summed E-state index contributed by atoms with van der Waals surface area (Å²) in [6.07, 6.45) is 4.05. The van der Waals surface area contributed by atoms with Gasteiger partial charge >= 0.3 is 0 Å². The van der Waals surface area contributed by atoms with E-state index in [0.29, 0.717) is 0 Å². The first-order valence-electron chi connectivity index (χ1n) is 5.22. The fourth-order valence-electron chi connectivity index (χ4n) is 2.03. The molecule has 1 aromatic carbocycles. The summed E-state index contributed by atoms with van der Waals surface area (Å²) in [5.74, 6) is 0.740. The van der Waals surface area contributed by atoms with E-state index in [1.165, 1.54) is 31.4 Å². The standard InChI is InChI=1S/C12H17N/c1-2-6-11(7-3-1)12-8-4-5-9-13-10-12/h1-3,6-7,12-13H,4-5,8-10H2. The number of rotatable bonds is 1. The van der Waals surface area contributed by atoms with Crippen molar-refractivity contribution >= 4 is 0 Å². The highest BCUT2D eigenvalue weighted by Gasteiger charge is 2.12. The first-order chi connectivity index (χ1) is 6.47. The Morgan fingerprint density at radius 3 is 2.77 bits per heavy atom. The zero-order valence-corrected chi connectivity index (χ0v) is 8.00. The maximum absolute atomic E-state index is 3.50. The van der Waals surface area contributed by atoms with Gasteiger partial charge in [-0.1, -0.05) is 36.8 Å². The molecule has 1 aliphatic rings. The fraction of sp³-hybridized carbons (Fsp3) is 0.500. The van der Waals surface area contributed by atoms with Gasteiger partial charge in [-0.05, 0) is 30.9 Å². The molecule has 0 saturated carbocycles. The molecule has 0 radical (unpaired) electrons. The molecule has 1 N–H and O–H groups in total. The van der Waals surface area contributed by atoms with E-state index in [9.17, 15) is 0 Å².